The largest absolute Gasteiger partial charge is 0.349 e. The second-order valence-corrected chi connectivity index (χ2v) is 9.03. The minimum Gasteiger partial charge on any atom is -0.349 e. The van der Waals surface area contributed by atoms with Crippen LogP contribution in [0.25, 0.3) is 10.2 Å². The molecule has 3 aromatic rings. The first-order valence-corrected chi connectivity index (χ1v) is 11.0. The highest BCUT2D eigenvalue weighted by atomic mass is 32.1. The number of thiazole rings is 1. The quantitative estimate of drug-likeness (QED) is 0.677. The summed E-state index contributed by atoms with van der Waals surface area (Å²) < 4.78 is 3.54. The Hall–Kier alpha value is -2.18. The summed E-state index contributed by atoms with van der Waals surface area (Å²) in [4.78, 5) is 22.3. The summed E-state index contributed by atoms with van der Waals surface area (Å²) in [7, 11) is 0. The van der Waals surface area contributed by atoms with Crippen molar-refractivity contribution in [2.24, 2.45) is 0 Å². The number of amides is 1. The third kappa shape index (κ3) is 3.25. The number of para-hydroxylation sites is 1. The molecule has 1 fully saturated rings. The summed E-state index contributed by atoms with van der Waals surface area (Å²) in [6.07, 6.45) is 4.32. The number of fused-ring (bicyclic) bond motifs is 2. The molecule has 0 spiro atoms. The maximum atomic E-state index is 13.1. The van der Waals surface area contributed by atoms with Crippen molar-refractivity contribution in [1.29, 1.82) is 0 Å². The zero-order valence-corrected chi connectivity index (χ0v) is 17.1. The first-order valence-electron chi connectivity index (χ1n) is 10.2. The van der Waals surface area contributed by atoms with Crippen LogP contribution in [0.3, 0.4) is 0 Å². The molecule has 0 aliphatic carbocycles. The predicted octanol–water partition coefficient (Wildman–Crippen LogP) is 3.88. The van der Waals surface area contributed by atoms with Crippen molar-refractivity contribution in [3.05, 3.63) is 53.3 Å². The molecule has 2 atom stereocenters. The van der Waals surface area contributed by atoms with Gasteiger partial charge in [-0.2, -0.15) is 0 Å². The van der Waals surface area contributed by atoms with Crippen LogP contribution >= 0.6 is 11.3 Å². The average Bonchev–Trinajstić information content (AvgIpc) is 3.37. The van der Waals surface area contributed by atoms with E-state index in [2.05, 4.69) is 57.8 Å². The summed E-state index contributed by atoms with van der Waals surface area (Å²) in [5.74, 6) is 0.628. The van der Waals surface area contributed by atoms with Gasteiger partial charge < -0.3 is 9.47 Å². The van der Waals surface area contributed by atoms with E-state index < -0.39 is 0 Å². The smallest absolute Gasteiger partial charge is 0.236 e. The summed E-state index contributed by atoms with van der Waals surface area (Å²) in [5, 5.41) is 1.18. The van der Waals surface area contributed by atoms with Crippen molar-refractivity contribution in [2.45, 2.75) is 38.3 Å². The lowest BCUT2D eigenvalue weighted by molar-refractivity contribution is -0.134. The number of hydrogen-bond acceptors (Lipinski definition) is 4. The molecular weight excluding hydrogens is 368 g/mol. The molecule has 0 N–H and O–H groups in total. The van der Waals surface area contributed by atoms with Crippen LogP contribution < -0.4 is 0 Å². The number of rotatable bonds is 3. The molecule has 2 aliphatic rings. The molecule has 0 radical (unpaired) electrons. The molecule has 28 heavy (non-hydrogen) atoms. The first kappa shape index (κ1) is 17.9. The lowest BCUT2D eigenvalue weighted by Crippen LogP contribution is -2.47. The Morgan fingerprint density at radius 2 is 2.07 bits per heavy atom. The highest BCUT2D eigenvalue weighted by Gasteiger charge is 2.30. The van der Waals surface area contributed by atoms with Gasteiger partial charge in [-0.05, 0) is 44.0 Å². The lowest BCUT2D eigenvalue weighted by atomic mass is 9.98. The van der Waals surface area contributed by atoms with Crippen LogP contribution in [0.1, 0.15) is 42.4 Å². The van der Waals surface area contributed by atoms with Gasteiger partial charge in [-0.15, -0.1) is 11.3 Å². The third-order valence-electron chi connectivity index (χ3n) is 6.24. The van der Waals surface area contributed by atoms with Crippen LogP contribution in [0.5, 0.6) is 0 Å². The third-order valence-corrected chi connectivity index (χ3v) is 7.44. The molecule has 0 bridgehead atoms. The molecule has 0 saturated carbocycles. The number of likely N-dealkylation sites (tertiary alicyclic amines) is 1. The Morgan fingerprint density at radius 1 is 1.18 bits per heavy atom. The molecule has 6 heteroatoms. The van der Waals surface area contributed by atoms with Crippen molar-refractivity contribution in [1.82, 2.24) is 19.4 Å². The maximum Gasteiger partial charge on any atom is 0.236 e. The van der Waals surface area contributed by atoms with E-state index in [-0.39, 0.29) is 11.9 Å². The van der Waals surface area contributed by atoms with E-state index in [1.165, 1.54) is 15.4 Å². The number of benzene rings is 1. The first-order chi connectivity index (χ1) is 13.7. The van der Waals surface area contributed by atoms with Gasteiger partial charge in [0.15, 0.2) is 0 Å². The highest BCUT2D eigenvalue weighted by Crippen LogP contribution is 2.33. The van der Waals surface area contributed by atoms with E-state index in [1.807, 2.05) is 6.07 Å². The second kappa shape index (κ2) is 7.33. The Morgan fingerprint density at radius 3 is 2.96 bits per heavy atom. The number of carbonyl (C=O) groups excluding carboxylic acids is 1. The van der Waals surface area contributed by atoms with Crippen LogP contribution in [-0.2, 0) is 11.3 Å². The zero-order chi connectivity index (χ0) is 19.1. The van der Waals surface area contributed by atoms with Gasteiger partial charge in [0.1, 0.15) is 0 Å². The predicted molar refractivity (Wildman–Crippen MR) is 113 cm³/mol. The highest BCUT2D eigenvalue weighted by molar-refractivity contribution is 7.18. The van der Waals surface area contributed by atoms with E-state index >= 15 is 0 Å². The van der Waals surface area contributed by atoms with Crippen molar-refractivity contribution in [3.63, 3.8) is 0 Å². The zero-order valence-electron chi connectivity index (χ0n) is 16.3. The molecule has 146 valence electrons. The van der Waals surface area contributed by atoms with Gasteiger partial charge in [0.25, 0.3) is 0 Å². The number of aromatic nitrogens is 2. The summed E-state index contributed by atoms with van der Waals surface area (Å²) in [6.45, 7) is 6.30. The van der Waals surface area contributed by atoms with Gasteiger partial charge in [0, 0.05) is 50.0 Å². The van der Waals surface area contributed by atoms with E-state index in [0.717, 1.165) is 44.5 Å². The van der Waals surface area contributed by atoms with Gasteiger partial charge in [0.2, 0.25) is 5.91 Å². The minimum atomic E-state index is 0.262. The van der Waals surface area contributed by atoms with Gasteiger partial charge in [-0.25, -0.2) is 4.98 Å². The Kier molecular flexibility index (Phi) is 4.69. The van der Waals surface area contributed by atoms with Crippen LogP contribution in [-0.4, -0.2) is 51.4 Å². The van der Waals surface area contributed by atoms with Crippen molar-refractivity contribution in [3.8, 4) is 0 Å². The van der Waals surface area contributed by atoms with E-state index in [9.17, 15) is 4.79 Å². The molecule has 1 amide bonds. The minimum absolute atomic E-state index is 0.262. The maximum absolute atomic E-state index is 13.1. The standard InChI is InChI=1S/C22H26N4OS/c1-16-19-8-5-10-24(19)12-13-25(16)15-21(27)26-11-4-6-17(14-26)22-23-18-7-2-3-9-20(18)28-22/h2-3,5,7-10,16-17H,4,6,11-15H2,1H3/t16-,17-/m1/s1. The summed E-state index contributed by atoms with van der Waals surface area (Å²) in [5.41, 5.74) is 2.39. The van der Waals surface area contributed by atoms with E-state index in [0.29, 0.717) is 12.5 Å². The topological polar surface area (TPSA) is 41.4 Å². The van der Waals surface area contributed by atoms with Crippen molar-refractivity contribution >= 4 is 27.5 Å². The molecule has 4 heterocycles. The van der Waals surface area contributed by atoms with E-state index in [4.69, 9.17) is 4.98 Å². The molecule has 1 saturated heterocycles. The molecular formula is C22H26N4OS. The van der Waals surface area contributed by atoms with Gasteiger partial charge in [0.05, 0.1) is 21.8 Å². The number of carbonyl (C=O) groups is 1. The number of hydrogen-bond donors (Lipinski definition) is 0. The lowest BCUT2D eigenvalue weighted by Gasteiger charge is -2.37. The molecule has 2 aromatic heterocycles. The fraction of sp³-hybridized carbons (Fsp3) is 0.455. The normalized spacial score (nSPS) is 23.1. The van der Waals surface area contributed by atoms with Crippen LogP contribution in [0.15, 0.2) is 42.6 Å². The van der Waals surface area contributed by atoms with Crippen LogP contribution in [0, 0.1) is 0 Å². The van der Waals surface area contributed by atoms with E-state index in [1.54, 1.807) is 11.3 Å². The Labute approximate surface area is 169 Å². The summed E-state index contributed by atoms with van der Waals surface area (Å²) >= 11 is 1.78. The van der Waals surface area contributed by atoms with Crippen LogP contribution in [0.2, 0.25) is 0 Å². The Bertz CT molecular complexity index is 960. The molecule has 5 nitrogen and oxygen atoms in total. The Balaban J connectivity index is 1.26. The monoisotopic (exact) mass is 394 g/mol. The van der Waals surface area contributed by atoms with Crippen molar-refractivity contribution in [2.75, 3.05) is 26.2 Å². The fourth-order valence-corrected chi connectivity index (χ4v) is 5.68. The number of piperidine rings is 1. The summed E-state index contributed by atoms with van der Waals surface area (Å²) in [6, 6.07) is 12.9. The second-order valence-electron chi connectivity index (χ2n) is 7.97. The van der Waals surface area contributed by atoms with Gasteiger partial charge in [-0.3, -0.25) is 9.69 Å². The molecule has 1 aromatic carbocycles. The molecule has 0 unspecified atom stereocenters. The van der Waals surface area contributed by atoms with Gasteiger partial charge >= 0.3 is 0 Å². The van der Waals surface area contributed by atoms with Crippen molar-refractivity contribution < 1.29 is 4.79 Å². The average molecular weight is 395 g/mol. The van der Waals surface area contributed by atoms with Crippen LogP contribution in [0.4, 0.5) is 0 Å². The molecule has 2 aliphatic heterocycles. The fourth-order valence-electron chi connectivity index (χ4n) is 4.59. The SMILES string of the molecule is C[C@@H]1c2cccn2CCN1CC(=O)N1CCC[C@@H](c2nc3ccccc3s2)C1. The number of nitrogens with zero attached hydrogens (tertiary/aromatic N) is 4. The molecule has 5 rings (SSSR count). The van der Waals surface area contributed by atoms with Gasteiger partial charge in [-0.1, -0.05) is 12.1 Å².